The molecule has 0 saturated carbocycles. The molecule has 2 aromatic rings. The van der Waals surface area contributed by atoms with Gasteiger partial charge in [0.2, 0.25) is 0 Å². The number of amides is 1. The zero-order valence-corrected chi connectivity index (χ0v) is 11.0. The number of aromatic amines is 1. The lowest BCUT2D eigenvalue weighted by atomic mass is 10.1. The average Bonchev–Trinajstić information content (AvgIpc) is 3.09. The Kier molecular flexibility index (Phi) is 3.18. The molecule has 0 radical (unpaired) electrons. The summed E-state index contributed by atoms with van der Waals surface area (Å²) in [6.07, 6.45) is 3.73. The van der Waals surface area contributed by atoms with Gasteiger partial charge in [0.15, 0.2) is 0 Å². The van der Waals surface area contributed by atoms with Gasteiger partial charge >= 0.3 is 0 Å². The summed E-state index contributed by atoms with van der Waals surface area (Å²) in [5, 5.41) is 0. The molecule has 1 unspecified atom stereocenters. The third-order valence-corrected chi connectivity index (χ3v) is 3.74. The van der Waals surface area contributed by atoms with Crippen molar-refractivity contribution in [1.29, 1.82) is 0 Å². The average molecular weight is 273 g/mol. The summed E-state index contributed by atoms with van der Waals surface area (Å²) < 4.78 is 13.1. The molecule has 104 valence electrons. The third-order valence-electron chi connectivity index (χ3n) is 3.74. The van der Waals surface area contributed by atoms with Crippen LogP contribution in [0.15, 0.2) is 36.5 Å². The first-order valence-corrected chi connectivity index (χ1v) is 6.66. The molecule has 2 heterocycles. The number of benzene rings is 1. The molecule has 0 spiro atoms. The van der Waals surface area contributed by atoms with Crippen LogP contribution >= 0.6 is 0 Å². The standard InChI is InChI=1S/C15H16FN3O/c16-10-5-6-11(12(17)9-10)15(20)19-8-2-4-14(19)13-3-1-7-18-13/h1,3,5-7,9,14,18H,2,4,8,17H2. The lowest BCUT2D eigenvalue weighted by molar-refractivity contribution is 0.0734. The fourth-order valence-corrected chi connectivity index (χ4v) is 2.77. The first kappa shape index (κ1) is 12.7. The monoisotopic (exact) mass is 273 g/mol. The second-order valence-corrected chi connectivity index (χ2v) is 5.01. The number of nitrogens with zero attached hydrogens (tertiary/aromatic N) is 1. The summed E-state index contributed by atoms with van der Waals surface area (Å²) in [6, 6.07) is 7.85. The van der Waals surface area contributed by atoms with E-state index in [1.54, 1.807) is 4.90 Å². The molecule has 4 nitrogen and oxygen atoms in total. The number of likely N-dealkylation sites (tertiary alicyclic amines) is 1. The second-order valence-electron chi connectivity index (χ2n) is 5.01. The SMILES string of the molecule is Nc1cc(F)ccc1C(=O)N1CCCC1c1ccc[nH]1. The molecule has 0 aliphatic carbocycles. The topological polar surface area (TPSA) is 62.1 Å². The molecule has 3 rings (SSSR count). The predicted octanol–water partition coefficient (Wildman–Crippen LogP) is 2.71. The van der Waals surface area contributed by atoms with E-state index >= 15 is 0 Å². The van der Waals surface area contributed by atoms with Gasteiger partial charge in [-0.25, -0.2) is 4.39 Å². The van der Waals surface area contributed by atoms with Crippen LogP contribution in [0.1, 0.15) is 34.9 Å². The van der Waals surface area contributed by atoms with Crippen molar-refractivity contribution >= 4 is 11.6 Å². The van der Waals surface area contributed by atoms with Gasteiger partial charge < -0.3 is 15.6 Å². The van der Waals surface area contributed by atoms with Crippen molar-refractivity contribution in [2.24, 2.45) is 0 Å². The molecule has 20 heavy (non-hydrogen) atoms. The van der Waals surface area contributed by atoms with E-state index < -0.39 is 5.82 Å². The largest absolute Gasteiger partial charge is 0.398 e. The molecule has 1 aromatic heterocycles. The normalized spacial score (nSPS) is 18.4. The summed E-state index contributed by atoms with van der Waals surface area (Å²) in [6.45, 7) is 0.694. The van der Waals surface area contributed by atoms with Gasteiger partial charge in [0.05, 0.1) is 11.6 Å². The zero-order chi connectivity index (χ0) is 14.1. The molecule has 0 bridgehead atoms. The Morgan fingerprint density at radius 3 is 2.95 bits per heavy atom. The van der Waals surface area contributed by atoms with Crippen LogP contribution in [0.5, 0.6) is 0 Å². The highest BCUT2D eigenvalue weighted by molar-refractivity contribution is 5.99. The number of carbonyl (C=O) groups is 1. The Hall–Kier alpha value is -2.30. The van der Waals surface area contributed by atoms with E-state index in [1.165, 1.54) is 18.2 Å². The maximum atomic E-state index is 13.1. The first-order chi connectivity index (χ1) is 9.66. The Bertz CT molecular complexity index is 624. The number of nitrogens with one attached hydrogen (secondary N) is 1. The minimum atomic E-state index is -0.429. The summed E-state index contributed by atoms with van der Waals surface area (Å²) in [5.41, 5.74) is 7.34. The molecule has 1 fully saturated rings. The van der Waals surface area contributed by atoms with E-state index in [-0.39, 0.29) is 17.6 Å². The maximum Gasteiger partial charge on any atom is 0.256 e. The Morgan fingerprint density at radius 2 is 2.25 bits per heavy atom. The van der Waals surface area contributed by atoms with Crippen LogP contribution in [0.2, 0.25) is 0 Å². The number of hydrogen-bond acceptors (Lipinski definition) is 2. The number of nitrogen functional groups attached to an aromatic ring is 1. The molecule has 1 atom stereocenters. The first-order valence-electron chi connectivity index (χ1n) is 6.66. The van der Waals surface area contributed by atoms with Crippen LogP contribution in [0, 0.1) is 5.82 Å². The van der Waals surface area contributed by atoms with Crippen molar-refractivity contribution in [3.8, 4) is 0 Å². The summed E-state index contributed by atoms with van der Waals surface area (Å²) in [5.74, 6) is -0.569. The van der Waals surface area contributed by atoms with Crippen LogP contribution in [0.4, 0.5) is 10.1 Å². The Labute approximate surface area is 116 Å². The zero-order valence-electron chi connectivity index (χ0n) is 11.0. The molecule has 5 heteroatoms. The van der Waals surface area contributed by atoms with E-state index in [0.29, 0.717) is 12.1 Å². The molecule has 3 N–H and O–H groups in total. The highest BCUT2D eigenvalue weighted by Gasteiger charge is 2.31. The summed E-state index contributed by atoms with van der Waals surface area (Å²) >= 11 is 0. The molecule has 1 amide bonds. The van der Waals surface area contributed by atoms with Crippen LogP contribution in [-0.4, -0.2) is 22.3 Å². The molecule has 1 aliphatic heterocycles. The highest BCUT2D eigenvalue weighted by Crippen LogP contribution is 2.33. The van der Waals surface area contributed by atoms with Gasteiger partial charge in [-0.3, -0.25) is 4.79 Å². The molecule has 1 saturated heterocycles. The van der Waals surface area contributed by atoms with Crippen LogP contribution < -0.4 is 5.73 Å². The lowest BCUT2D eigenvalue weighted by Crippen LogP contribution is -2.31. The number of anilines is 1. The van der Waals surface area contributed by atoms with Gasteiger partial charge in [0, 0.05) is 24.1 Å². The number of rotatable bonds is 2. The molecular formula is C15H16FN3O. The number of carbonyl (C=O) groups excluding carboxylic acids is 1. The van der Waals surface area contributed by atoms with Gasteiger partial charge in [-0.1, -0.05) is 0 Å². The second kappa shape index (κ2) is 5.00. The molecule has 1 aliphatic rings. The fraction of sp³-hybridized carbons (Fsp3) is 0.267. The third kappa shape index (κ3) is 2.15. The quantitative estimate of drug-likeness (QED) is 0.826. The lowest BCUT2D eigenvalue weighted by Gasteiger charge is -2.24. The van der Waals surface area contributed by atoms with Crippen molar-refractivity contribution in [1.82, 2.24) is 9.88 Å². The minimum Gasteiger partial charge on any atom is -0.398 e. The van der Waals surface area contributed by atoms with E-state index in [2.05, 4.69) is 4.98 Å². The van der Waals surface area contributed by atoms with Crippen molar-refractivity contribution in [3.05, 3.63) is 53.6 Å². The van der Waals surface area contributed by atoms with Crippen LogP contribution in [0.25, 0.3) is 0 Å². The smallest absolute Gasteiger partial charge is 0.256 e. The number of halogens is 1. The van der Waals surface area contributed by atoms with E-state index in [9.17, 15) is 9.18 Å². The number of aromatic nitrogens is 1. The molecule has 1 aromatic carbocycles. The van der Waals surface area contributed by atoms with Crippen molar-refractivity contribution in [2.75, 3.05) is 12.3 Å². The van der Waals surface area contributed by atoms with Gasteiger partial charge in [-0.15, -0.1) is 0 Å². The Balaban J connectivity index is 1.89. The number of hydrogen-bond donors (Lipinski definition) is 2. The summed E-state index contributed by atoms with van der Waals surface area (Å²) in [4.78, 5) is 17.5. The highest BCUT2D eigenvalue weighted by atomic mass is 19.1. The number of nitrogens with two attached hydrogens (primary N) is 1. The Morgan fingerprint density at radius 1 is 1.40 bits per heavy atom. The van der Waals surface area contributed by atoms with Crippen LogP contribution in [-0.2, 0) is 0 Å². The van der Waals surface area contributed by atoms with E-state index in [0.717, 1.165) is 18.5 Å². The van der Waals surface area contributed by atoms with Crippen molar-refractivity contribution in [2.45, 2.75) is 18.9 Å². The van der Waals surface area contributed by atoms with Gasteiger partial charge in [-0.2, -0.15) is 0 Å². The van der Waals surface area contributed by atoms with Crippen molar-refractivity contribution < 1.29 is 9.18 Å². The minimum absolute atomic E-state index is 0.0435. The molecular weight excluding hydrogens is 257 g/mol. The summed E-state index contributed by atoms with van der Waals surface area (Å²) in [7, 11) is 0. The van der Waals surface area contributed by atoms with Gasteiger partial charge in [-0.05, 0) is 43.2 Å². The van der Waals surface area contributed by atoms with Gasteiger partial charge in [0.25, 0.3) is 5.91 Å². The van der Waals surface area contributed by atoms with Gasteiger partial charge in [0.1, 0.15) is 5.82 Å². The van der Waals surface area contributed by atoms with E-state index in [1.807, 2.05) is 18.3 Å². The van der Waals surface area contributed by atoms with E-state index in [4.69, 9.17) is 5.73 Å². The number of H-pyrrole nitrogens is 1. The van der Waals surface area contributed by atoms with Crippen molar-refractivity contribution in [3.63, 3.8) is 0 Å². The fourth-order valence-electron chi connectivity index (χ4n) is 2.77. The predicted molar refractivity (Wildman–Crippen MR) is 74.6 cm³/mol. The van der Waals surface area contributed by atoms with Crippen LogP contribution in [0.3, 0.4) is 0 Å². The maximum absolute atomic E-state index is 13.1.